The Labute approximate surface area is 136 Å². The molecule has 0 spiro atoms. The zero-order valence-corrected chi connectivity index (χ0v) is 13.7. The molecule has 2 N–H and O–H groups in total. The van der Waals surface area contributed by atoms with E-state index in [1.807, 2.05) is 6.26 Å². The van der Waals surface area contributed by atoms with Crippen LogP contribution in [0.4, 0.5) is 0 Å². The number of hydrogen-bond donors (Lipinski definition) is 2. The molecule has 8 heteroatoms. The molecular formula is C14H16ClN3O3S. The van der Waals surface area contributed by atoms with E-state index >= 15 is 0 Å². The molecule has 1 amide bonds. The number of thioether (sulfide) groups is 1. The van der Waals surface area contributed by atoms with Crippen LogP contribution in [0.15, 0.2) is 18.3 Å². The number of aryl methyl sites for hydroxylation is 1. The van der Waals surface area contributed by atoms with Gasteiger partial charge in [-0.3, -0.25) is 9.20 Å². The second-order valence-corrected chi connectivity index (χ2v) is 6.19. The fourth-order valence-electron chi connectivity index (χ4n) is 2.13. The van der Waals surface area contributed by atoms with Crippen molar-refractivity contribution in [3.05, 3.63) is 34.7 Å². The van der Waals surface area contributed by atoms with Gasteiger partial charge in [0.2, 0.25) is 0 Å². The van der Waals surface area contributed by atoms with Gasteiger partial charge in [-0.05, 0) is 31.4 Å². The maximum Gasteiger partial charge on any atom is 0.326 e. The molecule has 2 rings (SSSR count). The summed E-state index contributed by atoms with van der Waals surface area (Å²) >= 11 is 7.44. The zero-order chi connectivity index (χ0) is 16.3. The Morgan fingerprint density at radius 3 is 2.91 bits per heavy atom. The molecule has 0 aliphatic rings. The molecule has 0 bridgehead atoms. The normalized spacial score (nSPS) is 12.3. The van der Waals surface area contributed by atoms with E-state index in [2.05, 4.69) is 10.3 Å². The van der Waals surface area contributed by atoms with Crippen molar-refractivity contribution < 1.29 is 14.7 Å². The van der Waals surface area contributed by atoms with Gasteiger partial charge in [-0.2, -0.15) is 11.8 Å². The summed E-state index contributed by atoms with van der Waals surface area (Å²) in [5, 5.41) is 12.3. The van der Waals surface area contributed by atoms with E-state index in [9.17, 15) is 14.7 Å². The Morgan fingerprint density at radius 1 is 1.55 bits per heavy atom. The highest BCUT2D eigenvalue weighted by Crippen LogP contribution is 2.17. The summed E-state index contributed by atoms with van der Waals surface area (Å²) in [6.07, 6.45) is 3.90. The molecule has 2 heterocycles. The summed E-state index contributed by atoms with van der Waals surface area (Å²) in [5.41, 5.74) is 1.39. The number of carbonyl (C=O) groups excluding carboxylic acids is 1. The number of carboxylic acids is 1. The highest BCUT2D eigenvalue weighted by Gasteiger charge is 2.23. The summed E-state index contributed by atoms with van der Waals surface area (Å²) in [6, 6.07) is 2.37. The molecule has 0 aliphatic carbocycles. The van der Waals surface area contributed by atoms with E-state index in [1.165, 1.54) is 11.8 Å². The number of hydrogen-bond acceptors (Lipinski definition) is 4. The predicted octanol–water partition coefficient (Wildman–Crippen LogP) is 2.23. The summed E-state index contributed by atoms with van der Waals surface area (Å²) in [4.78, 5) is 27.9. The number of pyridine rings is 1. The number of amides is 1. The van der Waals surface area contributed by atoms with Crippen LogP contribution in [-0.4, -0.2) is 44.4 Å². The van der Waals surface area contributed by atoms with Crippen LogP contribution in [0.3, 0.4) is 0 Å². The average molecular weight is 342 g/mol. The molecule has 0 aromatic carbocycles. The maximum atomic E-state index is 12.4. The van der Waals surface area contributed by atoms with E-state index in [-0.39, 0.29) is 0 Å². The molecule has 0 saturated carbocycles. The van der Waals surface area contributed by atoms with Crippen molar-refractivity contribution in [3.63, 3.8) is 0 Å². The Bertz CT molecular complexity index is 717. The second-order valence-electron chi connectivity index (χ2n) is 4.76. The molecule has 0 aliphatic heterocycles. The van der Waals surface area contributed by atoms with Crippen LogP contribution >= 0.6 is 23.4 Å². The van der Waals surface area contributed by atoms with Crippen LogP contribution in [-0.2, 0) is 4.79 Å². The van der Waals surface area contributed by atoms with Gasteiger partial charge in [0.15, 0.2) is 0 Å². The number of carbonyl (C=O) groups is 2. The lowest BCUT2D eigenvalue weighted by molar-refractivity contribution is -0.139. The summed E-state index contributed by atoms with van der Waals surface area (Å²) in [7, 11) is 0. The summed E-state index contributed by atoms with van der Waals surface area (Å²) in [6.45, 7) is 1.70. The van der Waals surface area contributed by atoms with Gasteiger partial charge in [0.1, 0.15) is 17.4 Å². The lowest BCUT2D eigenvalue weighted by Gasteiger charge is -2.14. The molecular weight excluding hydrogens is 326 g/mol. The van der Waals surface area contributed by atoms with Crippen LogP contribution in [0.25, 0.3) is 5.65 Å². The molecule has 2 aromatic heterocycles. The molecule has 1 atom stereocenters. The number of rotatable bonds is 6. The number of aliphatic carboxylic acids is 1. The van der Waals surface area contributed by atoms with Crippen molar-refractivity contribution in [2.24, 2.45) is 0 Å². The number of aromatic nitrogens is 2. The molecule has 1 unspecified atom stereocenters. The Kier molecular flexibility index (Phi) is 5.31. The third-order valence-corrected chi connectivity index (χ3v) is 4.07. The van der Waals surface area contributed by atoms with Crippen molar-refractivity contribution in [1.82, 2.24) is 14.7 Å². The predicted molar refractivity (Wildman–Crippen MR) is 86.8 cm³/mol. The molecule has 0 radical (unpaired) electrons. The fraction of sp³-hybridized carbons (Fsp3) is 0.357. The first kappa shape index (κ1) is 16.6. The third-order valence-electron chi connectivity index (χ3n) is 3.19. The topological polar surface area (TPSA) is 83.7 Å². The monoisotopic (exact) mass is 341 g/mol. The van der Waals surface area contributed by atoms with Crippen molar-refractivity contribution in [3.8, 4) is 0 Å². The first-order valence-electron chi connectivity index (χ1n) is 6.61. The zero-order valence-electron chi connectivity index (χ0n) is 12.2. The number of nitrogens with zero attached hydrogens (tertiary/aromatic N) is 2. The van der Waals surface area contributed by atoms with Gasteiger partial charge in [0.25, 0.3) is 5.91 Å². The van der Waals surface area contributed by atoms with Gasteiger partial charge in [0.05, 0.1) is 5.69 Å². The van der Waals surface area contributed by atoms with Gasteiger partial charge < -0.3 is 10.4 Å². The quantitative estimate of drug-likeness (QED) is 0.841. The number of nitrogens with one attached hydrogen (secondary N) is 1. The molecule has 118 valence electrons. The fourth-order valence-corrected chi connectivity index (χ4v) is 2.76. The van der Waals surface area contributed by atoms with E-state index in [0.29, 0.717) is 34.2 Å². The van der Waals surface area contributed by atoms with Gasteiger partial charge in [-0.15, -0.1) is 0 Å². The van der Waals surface area contributed by atoms with E-state index in [0.717, 1.165) is 0 Å². The van der Waals surface area contributed by atoms with E-state index < -0.39 is 17.9 Å². The second kappa shape index (κ2) is 7.02. The largest absolute Gasteiger partial charge is 0.480 e. The highest BCUT2D eigenvalue weighted by atomic mass is 35.5. The minimum atomic E-state index is -1.04. The van der Waals surface area contributed by atoms with Crippen molar-refractivity contribution in [1.29, 1.82) is 0 Å². The van der Waals surface area contributed by atoms with Gasteiger partial charge in [-0.25, -0.2) is 9.78 Å². The molecule has 6 nitrogen and oxygen atoms in total. The molecule has 0 fully saturated rings. The Hall–Kier alpha value is -1.73. The number of carboxylic acid groups (broad SMARTS) is 1. The average Bonchev–Trinajstić information content (AvgIpc) is 2.77. The molecule has 2 aromatic rings. The van der Waals surface area contributed by atoms with Crippen LogP contribution in [0.5, 0.6) is 0 Å². The van der Waals surface area contributed by atoms with Crippen LogP contribution in [0.2, 0.25) is 5.02 Å². The van der Waals surface area contributed by atoms with E-state index in [4.69, 9.17) is 11.6 Å². The number of halogens is 1. The Morgan fingerprint density at radius 2 is 2.27 bits per heavy atom. The van der Waals surface area contributed by atoms with Gasteiger partial charge >= 0.3 is 5.97 Å². The SMILES string of the molecule is CSCCC(NC(=O)c1c(C)nc2cc(Cl)ccn12)C(=O)O. The standard InChI is InChI=1S/C14H16ClN3O3S/c1-8-12(18-5-3-9(15)7-11(18)16-8)13(19)17-10(14(20)21)4-6-22-2/h3,5,7,10H,4,6H2,1-2H3,(H,17,19)(H,20,21). The van der Waals surface area contributed by atoms with E-state index in [1.54, 1.807) is 29.7 Å². The van der Waals surface area contributed by atoms with Crippen LogP contribution in [0.1, 0.15) is 22.6 Å². The lowest BCUT2D eigenvalue weighted by atomic mass is 10.2. The molecule has 22 heavy (non-hydrogen) atoms. The van der Waals surface area contributed by atoms with Crippen LogP contribution in [0, 0.1) is 6.92 Å². The van der Waals surface area contributed by atoms with Crippen molar-refractivity contribution >= 4 is 40.9 Å². The van der Waals surface area contributed by atoms with Crippen LogP contribution < -0.4 is 5.32 Å². The molecule has 0 saturated heterocycles. The summed E-state index contributed by atoms with van der Waals surface area (Å²) < 4.78 is 1.60. The van der Waals surface area contributed by atoms with Gasteiger partial charge in [-0.1, -0.05) is 11.6 Å². The Balaban J connectivity index is 2.29. The van der Waals surface area contributed by atoms with Gasteiger partial charge in [0, 0.05) is 17.3 Å². The first-order valence-corrected chi connectivity index (χ1v) is 8.38. The minimum Gasteiger partial charge on any atom is -0.480 e. The van der Waals surface area contributed by atoms with Crippen molar-refractivity contribution in [2.75, 3.05) is 12.0 Å². The first-order chi connectivity index (χ1) is 10.4. The third kappa shape index (κ3) is 3.53. The highest BCUT2D eigenvalue weighted by molar-refractivity contribution is 7.98. The maximum absolute atomic E-state index is 12.4. The number of imidazole rings is 1. The minimum absolute atomic E-state index is 0.321. The summed E-state index contributed by atoms with van der Waals surface area (Å²) in [5.74, 6) is -0.850. The number of fused-ring (bicyclic) bond motifs is 1. The smallest absolute Gasteiger partial charge is 0.326 e. The van der Waals surface area contributed by atoms with Crippen molar-refractivity contribution in [2.45, 2.75) is 19.4 Å². The lowest BCUT2D eigenvalue weighted by Crippen LogP contribution is -2.41.